The molecule has 1 aliphatic heterocycles. The molecule has 3 rings (SSSR count). The van der Waals surface area contributed by atoms with E-state index in [4.69, 9.17) is 5.73 Å². The molecular formula is C18H23N5O. The van der Waals surface area contributed by atoms with Crippen molar-refractivity contribution in [2.24, 2.45) is 0 Å². The predicted octanol–water partition coefficient (Wildman–Crippen LogP) is 2.26. The van der Waals surface area contributed by atoms with Crippen LogP contribution in [0.3, 0.4) is 0 Å². The molecule has 6 nitrogen and oxygen atoms in total. The van der Waals surface area contributed by atoms with Gasteiger partial charge in [-0.25, -0.2) is 9.78 Å². The van der Waals surface area contributed by atoms with Crippen molar-refractivity contribution in [2.45, 2.75) is 25.9 Å². The van der Waals surface area contributed by atoms with Crippen molar-refractivity contribution in [3.63, 3.8) is 0 Å². The summed E-state index contributed by atoms with van der Waals surface area (Å²) in [4.78, 5) is 18.2. The highest BCUT2D eigenvalue weighted by Gasteiger charge is 2.11. The first-order valence-corrected chi connectivity index (χ1v) is 8.27. The fourth-order valence-corrected chi connectivity index (χ4v) is 2.77. The van der Waals surface area contributed by atoms with E-state index < -0.39 is 0 Å². The molecule has 0 spiro atoms. The second-order valence-electron chi connectivity index (χ2n) is 5.99. The molecule has 4 N–H and O–H groups in total. The molecule has 2 aromatic rings. The molecule has 0 radical (unpaired) electrons. The number of rotatable bonds is 5. The number of nitrogens with two attached hydrogens (primary N) is 1. The number of nitrogens with one attached hydrogen (secondary N) is 2. The maximum atomic E-state index is 11.9. The molecule has 126 valence electrons. The number of hydrogen-bond acceptors (Lipinski definition) is 4. The van der Waals surface area contributed by atoms with Crippen molar-refractivity contribution in [2.75, 3.05) is 23.7 Å². The number of nitrogen functional groups attached to an aromatic ring is 1. The average Bonchev–Trinajstić information content (AvgIpc) is 3.14. The van der Waals surface area contributed by atoms with E-state index in [9.17, 15) is 4.79 Å². The van der Waals surface area contributed by atoms with Crippen LogP contribution in [-0.2, 0) is 13.1 Å². The molecule has 1 aliphatic rings. The van der Waals surface area contributed by atoms with Gasteiger partial charge in [0.1, 0.15) is 5.82 Å². The molecule has 24 heavy (non-hydrogen) atoms. The molecule has 2 heterocycles. The first kappa shape index (κ1) is 16.1. The number of nitrogens with zero attached hydrogens (tertiary/aromatic N) is 2. The quantitative estimate of drug-likeness (QED) is 0.787. The highest BCUT2D eigenvalue weighted by Crippen LogP contribution is 2.20. The first-order valence-electron chi connectivity index (χ1n) is 8.27. The fraction of sp³-hybridized carbons (Fsp3) is 0.333. The number of carbonyl (C=O) groups excluding carboxylic acids is 1. The molecule has 1 saturated heterocycles. The van der Waals surface area contributed by atoms with Crippen LogP contribution in [-0.4, -0.2) is 24.1 Å². The van der Waals surface area contributed by atoms with Gasteiger partial charge in [-0.15, -0.1) is 0 Å². The number of amides is 2. The zero-order chi connectivity index (χ0) is 16.8. The van der Waals surface area contributed by atoms with Gasteiger partial charge in [-0.05, 0) is 42.2 Å². The number of pyridine rings is 1. The van der Waals surface area contributed by atoms with E-state index in [1.807, 2.05) is 6.07 Å². The van der Waals surface area contributed by atoms with E-state index in [2.05, 4.69) is 44.8 Å². The Kier molecular flexibility index (Phi) is 5.15. The monoisotopic (exact) mass is 325 g/mol. The Bertz CT molecular complexity index is 663. The molecule has 0 unspecified atom stereocenters. The van der Waals surface area contributed by atoms with E-state index in [0.717, 1.165) is 24.2 Å². The lowest BCUT2D eigenvalue weighted by atomic mass is 10.2. The number of urea groups is 1. The van der Waals surface area contributed by atoms with E-state index in [-0.39, 0.29) is 6.03 Å². The minimum Gasteiger partial charge on any atom is -0.384 e. The summed E-state index contributed by atoms with van der Waals surface area (Å²) in [6.07, 6.45) is 4.20. The maximum Gasteiger partial charge on any atom is 0.315 e. The molecule has 0 saturated carbocycles. The molecular weight excluding hydrogens is 302 g/mol. The highest BCUT2D eigenvalue weighted by molar-refractivity contribution is 5.73. The van der Waals surface area contributed by atoms with Crippen LogP contribution in [0, 0.1) is 0 Å². The van der Waals surface area contributed by atoms with Gasteiger partial charge in [-0.1, -0.05) is 18.2 Å². The summed E-state index contributed by atoms with van der Waals surface area (Å²) in [5.41, 5.74) is 8.79. The van der Waals surface area contributed by atoms with E-state index in [1.54, 1.807) is 12.3 Å². The minimum atomic E-state index is -0.199. The molecule has 1 fully saturated rings. The van der Waals surface area contributed by atoms with Crippen LogP contribution in [0.5, 0.6) is 0 Å². The summed E-state index contributed by atoms with van der Waals surface area (Å²) in [7, 11) is 0. The zero-order valence-electron chi connectivity index (χ0n) is 13.7. The number of benzene rings is 1. The first-order chi connectivity index (χ1) is 11.7. The number of aromatic nitrogens is 1. The Morgan fingerprint density at radius 3 is 2.25 bits per heavy atom. The van der Waals surface area contributed by atoms with E-state index in [1.165, 1.54) is 18.5 Å². The predicted molar refractivity (Wildman–Crippen MR) is 95.6 cm³/mol. The number of carbonyl (C=O) groups is 1. The van der Waals surface area contributed by atoms with Crippen molar-refractivity contribution in [1.82, 2.24) is 15.6 Å². The normalized spacial score (nSPS) is 13.8. The van der Waals surface area contributed by atoms with Crippen molar-refractivity contribution < 1.29 is 4.79 Å². The van der Waals surface area contributed by atoms with Crippen molar-refractivity contribution >= 4 is 17.5 Å². The van der Waals surface area contributed by atoms with Crippen LogP contribution < -0.4 is 21.3 Å². The summed E-state index contributed by atoms with van der Waals surface area (Å²) in [6.45, 7) is 3.21. The third kappa shape index (κ3) is 4.38. The van der Waals surface area contributed by atoms with Gasteiger partial charge in [0.2, 0.25) is 0 Å². The molecule has 6 heteroatoms. The van der Waals surface area contributed by atoms with Crippen LogP contribution in [0.25, 0.3) is 0 Å². The fourth-order valence-electron chi connectivity index (χ4n) is 2.77. The van der Waals surface area contributed by atoms with Crippen LogP contribution in [0.4, 0.5) is 16.3 Å². The molecule has 0 aliphatic carbocycles. The van der Waals surface area contributed by atoms with Gasteiger partial charge in [0.05, 0.1) is 0 Å². The molecule has 0 bridgehead atoms. The SMILES string of the molecule is Nc1ccc(CNC(=O)NCc2ccc(N3CCCC3)cc2)cn1. The Hall–Kier alpha value is -2.76. The van der Waals surface area contributed by atoms with Gasteiger partial charge in [-0.3, -0.25) is 0 Å². The van der Waals surface area contributed by atoms with Crippen molar-refractivity contribution in [3.8, 4) is 0 Å². The summed E-state index contributed by atoms with van der Waals surface area (Å²) in [5.74, 6) is 0.473. The van der Waals surface area contributed by atoms with Gasteiger partial charge in [0, 0.05) is 38.1 Å². The van der Waals surface area contributed by atoms with E-state index in [0.29, 0.717) is 18.9 Å². The lowest BCUT2D eigenvalue weighted by Crippen LogP contribution is -2.34. The Morgan fingerprint density at radius 2 is 1.62 bits per heavy atom. The molecule has 0 atom stereocenters. The van der Waals surface area contributed by atoms with Crippen LogP contribution >= 0.6 is 0 Å². The lowest BCUT2D eigenvalue weighted by molar-refractivity contribution is 0.240. The zero-order valence-corrected chi connectivity index (χ0v) is 13.7. The standard InChI is InChI=1S/C18H23N5O/c19-17-8-5-15(12-20-17)13-22-18(24)21-11-14-3-6-16(7-4-14)23-9-1-2-10-23/h3-8,12H,1-2,9-11,13H2,(H2,19,20)(H2,21,22,24). The smallest absolute Gasteiger partial charge is 0.315 e. The van der Waals surface area contributed by atoms with Gasteiger partial charge >= 0.3 is 6.03 Å². The maximum absolute atomic E-state index is 11.9. The topological polar surface area (TPSA) is 83.3 Å². The highest BCUT2D eigenvalue weighted by atomic mass is 16.2. The lowest BCUT2D eigenvalue weighted by Gasteiger charge is -2.17. The largest absolute Gasteiger partial charge is 0.384 e. The van der Waals surface area contributed by atoms with Gasteiger partial charge in [-0.2, -0.15) is 0 Å². The Morgan fingerprint density at radius 1 is 1.00 bits per heavy atom. The average molecular weight is 325 g/mol. The van der Waals surface area contributed by atoms with Crippen molar-refractivity contribution in [3.05, 3.63) is 53.7 Å². The molecule has 1 aromatic carbocycles. The minimum absolute atomic E-state index is 0.199. The molecule has 1 aromatic heterocycles. The van der Waals surface area contributed by atoms with E-state index >= 15 is 0 Å². The van der Waals surface area contributed by atoms with Crippen molar-refractivity contribution in [1.29, 1.82) is 0 Å². The van der Waals surface area contributed by atoms with Crippen LogP contribution in [0.2, 0.25) is 0 Å². The Labute approximate surface area is 142 Å². The van der Waals surface area contributed by atoms with Gasteiger partial charge in [0.25, 0.3) is 0 Å². The third-order valence-electron chi connectivity index (χ3n) is 4.16. The van der Waals surface area contributed by atoms with Crippen LogP contribution in [0.1, 0.15) is 24.0 Å². The summed E-state index contributed by atoms with van der Waals surface area (Å²) < 4.78 is 0. The second-order valence-corrected chi connectivity index (χ2v) is 5.99. The third-order valence-corrected chi connectivity index (χ3v) is 4.16. The van der Waals surface area contributed by atoms with Gasteiger partial charge < -0.3 is 21.3 Å². The number of anilines is 2. The number of hydrogen-bond donors (Lipinski definition) is 3. The molecule has 2 amide bonds. The Balaban J connectivity index is 1.43. The second kappa shape index (κ2) is 7.68. The summed E-state index contributed by atoms with van der Waals surface area (Å²) in [5, 5.41) is 5.67. The van der Waals surface area contributed by atoms with Gasteiger partial charge in [0.15, 0.2) is 0 Å². The van der Waals surface area contributed by atoms with Crippen LogP contribution in [0.15, 0.2) is 42.6 Å². The summed E-state index contributed by atoms with van der Waals surface area (Å²) >= 11 is 0. The summed E-state index contributed by atoms with van der Waals surface area (Å²) in [6, 6.07) is 11.8.